The summed E-state index contributed by atoms with van der Waals surface area (Å²) in [6.07, 6.45) is 4.88. The van der Waals surface area contributed by atoms with Crippen molar-refractivity contribution >= 4 is 0 Å². The molecule has 0 bridgehead atoms. The highest BCUT2D eigenvalue weighted by atomic mass is 16.4. The fourth-order valence-corrected chi connectivity index (χ4v) is 2.77. The van der Waals surface area contributed by atoms with Gasteiger partial charge in [-0.2, -0.15) is 0 Å². The van der Waals surface area contributed by atoms with Crippen molar-refractivity contribution in [1.82, 2.24) is 20.2 Å². The molecule has 29 heavy (non-hydrogen) atoms. The molecule has 0 aliphatic carbocycles. The van der Waals surface area contributed by atoms with Gasteiger partial charge in [-0.05, 0) is 53.3 Å². The van der Waals surface area contributed by atoms with Gasteiger partial charge >= 0.3 is 0 Å². The van der Waals surface area contributed by atoms with E-state index >= 15 is 0 Å². The van der Waals surface area contributed by atoms with Crippen LogP contribution in [0.1, 0.15) is 37.6 Å². The summed E-state index contributed by atoms with van der Waals surface area (Å²) in [6.45, 7) is 6.57. The first-order valence-corrected chi connectivity index (χ1v) is 9.32. The predicted molar refractivity (Wildman–Crippen MR) is 112 cm³/mol. The van der Waals surface area contributed by atoms with Crippen molar-refractivity contribution in [2.24, 2.45) is 0 Å². The summed E-state index contributed by atoms with van der Waals surface area (Å²) in [5, 5.41) is 8.38. The van der Waals surface area contributed by atoms with Crippen molar-refractivity contribution in [3.05, 3.63) is 83.9 Å². The zero-order chi connectivity index (χ0) is 20.3. The van der Waals surface area contributed by atoms with Crippen molar-refractivity contribution in [1.29, 1.82) is 0 Å². The maximum absolute atomic E-state index is 5.87. The minimum Gasteiger partial charge on any atom is -0.416 e. The van der Waals surface area contributed by atoms with E-state index in [0.29, 0.717) is 17.5 Å². The first kappa shape index (κ1) is 18.6. The SMILES string of the molecule is CC(C)(C)c1ccc(-c2nnc(-c3ccc(C#Cc4cnccn4)cc3)o2)cc1. The second-order valence-electron chi connectivity index (χ2n) is 7.66. The third-order valence-corrected chi connectivity index (χ3v) is 4.45. The van der Waals surface area contributed by atoms with E-state index in [1.54, 1.807) is 18.6 Å². The first-order valence-electron chi connectivity index (χ1n) is 9.32. The monoisotopic (exact) mass is 380 g/mol. The maximum atomic E-state index is 5.87. The molecule has 5 heteroatoms. The minimum absolute atomic E-state index is 0.107. The molecule has 4 aromatic rings. The van der Waals surface area contributed by atoms with Gasteiger partial charge in [0.25, 0.3) is 0 Å². The third-order valence-electron chi connectivity index (χ3n) is 4.45. The van der Waals surface area contributed by atoms with Crippen molar-refractivity contribution in [2.75, 3.05) is 0 Å². The molecule has 0 aliphatic heterocycles. The molecular weight excluding hydrogens is 360 g/mol. The summed E-state index contributed by atoms with van der Waals surface area (Å²) in [5.74, 6) is 7.04. The topological polar surface area (TPSA) is 64.7 Å². The van der Waals surface area contributed by atoms with Crippen molar-refractivity contribution < 1.29 is 4.42 Å². The Morgan fingerprint density at radius 3 is 1.93 bits per heavy atom. The fourth-order valence-electron chi connectivity index (χ4n) is 2.77. The van der Waals surface area contributed by atoms with Gasteiger partial charge in [0.1, 0.15) is 5.69 Å². The molecular formula is C24H20N4O. The molecule has 5 nitrogen and oxygen atoms in total. The van der Waals surface area contributed by atoms with Crippen LogP contribution in [-0.2, 0) is 5.41 Å². The Balaban J connectivity index is 1.52. The Hall–Kier alpha value is -3.78. The summed E-state index contributed by atoms with van der Waals surface area (Å²) < 4.78 is 5.87. The quantitative estimate of drug-likeness (QED) is 0.463. The smallest absolute Gasteiger partial charge is 0.248 e. The van der Waals surface area contributed by atoms with Crippen molar-refractivity contribution in [3.63, 3.8) is 0 Å². The summed E-state index contributed by atoms with van der Waals surface area (Å²) in [6, 6.07) is 15.9. The molecule has 2 aromatic carbocycles. The van der Waals surface area contributed by atoms with Gasteiger partial charge in [-0.15, -0.1) is 10.2 Å². The molecule has 0 saturated heterocycles. The average molecular weight is 380 g/mol. The lowest BCUT2D eigenvalue weighted by molar-refractivity contribution is 0.582. The fraction of sp³-hybridized carbons (Fsp3) is 0.167. The molecule has 0 saturated carbocycles. The number of benzene rings is 2. The molecule has 2 heterocycles. The van der Waals surface area contributed by atoms with Crippen LogP contribution in [0.2, 0.25) is 0 Å². The molecule has 0 radical (unpaired) electrons. The van der Waals surface area contributed by atoms with Crippen LogP contribution in [0.15, 0.2) is 71.5 Å². The zero-order valence-electron chi connectivity index (χ0n) is 16.5. The number of hydrogen-bond donors (Lipinski definition) is 0. The number of nitrogens with zero attached hydrogens (tertiary/aromatic N) is 4. The minimum atomic E-state index is 0.107. The highest BCUT2D eigenvalue weighted by Crippen LogP contribution is 2.27. The second-order valence-corrected chi connectivity index (χ2v) is 7.66. The molecule has 4 rings (SSSR count). The van der Waals surface area contributed by atoms with Crippen LogP contribution in [0.4, 0.5) is 0 Å². The number of hydrogen-bond acceptors (Lipinski definition) is 5. The van der Waals surface area contributed by atoms with Gasteiger partial charge in [0.2, 0.25) is 11.8 Å². The number of rotatable bonds is 2. The normalized spacial score (nSPS) is 11.0. The molecule has 0 atom stereocenters. The number of aromatic nitrogens is 4. The summed E-state index contributed by atoms with van der Waals surface area (Å²) >= 11 is 0. The average Bonchev–Trinajstić information content (AvgIpc) is 3.23. The predicted octanol–water partition coefficient (Wildman–Crippen LogP) is 4.89. The third kappa shape index (κ3) is 4.39. The van der Waals surface area contributed by atoms with Crippen LogP contribution in [0.3, 0.4) is 0 Å². The molecule has 2 aromatic heterocycles. The van der Waals surface area contributed by atoms with E-state index in [1.165, 1.54) is 5.56 Å². The highest BCUT2D eigenvalue weighted by molar-refractivity contribution is 5.59. The molecule has 0 N–H and O–H groups in total. The molecule has 0 aliphatic rings. The lowest BCUT2D eigenvalue weighted by Gasteiger charge is -2.18. The molecule has 0 spiro atoms. The van der Waals surface area contributed by atoms with Crippen LogP contribution >= 0.6 is 0 Å². The lowest BCUT2D eigenvalue weighted by Crippen LogP contribution is -2.10. The van der Waals surface area contributed by atoms with Gasteiger partial charge in [0.15, 0.2) is 0 Å². The molecule has 0 amide bonds. The Morgan fingerprint density at radius 2 is 1.38 bits per heavy atom. The Kier molecular flexibility index (Phi) is 4.92. The first-order chi connectivity index (χ1) is 14.0. The molecule has 0 fully saturated rings. The van der Waals surface area contributed by atoms with Gasteiger partial charge in [-0.1, -0.05) is 38.8 Å². The Labute approximate surface area is 169 Å². The Morgan fingerprint density at radius 1 is 0.759 bits per heavy atom. The largest absolute Gasteiger partial charge is 0.416 e. The van der Waals surface area contributed by atoms with Crippen LogP contribution in [0.25, 0.3) is 22.9 Å². The van der Waals surface area contributed by atoms with E-state index < -0.39 is 0 Å². The van der Waals surface area contributed by atoms with Gasteiger partial charge < -0.3 is 4.42 Å². The molecule has 142 valence electrons. The van der Waals surface area contributed by atoms with Crippen LogP contribution in [-0.4, -0.2) is 20.2 Å². The van der Waals surface area contributed by atoms with Gasteiger partial charge in [0, 0.05) is 29.1 Å². The summed E-state index contributed by atoms with van der Waals surface area (Å²) in [7, 11) is 0. The maximum Gasteiger partial charge on any atom is 0.248 e. The van der Waals surface area contributed by atoms with Crippen molar-refractivity contribution in [3.8, 4) is 34.7 Å². The van der Waals surface area contributed by atoms with Gasteiger partial charge in [-0.25, -0.2) is 4.98 Å². The Bertz CT molecular complexity index is 1160. The van der Waals surface area contributed by atoms with Gasteiger partial charge in [-0.3, -0.25) is 4.98 Å². The second kappa shape index (κ2) is 7.69. The van der Waals surface area contributed by atoms with E-state index in [9.17, 15) is 0 Å². The molecule has 0 unspecified atom stereocenters. The van der Waals surface area contributed by atoms with E-state index in [1.807, 2.05) is 36.4 Å². The zero-order valence-corrected chi connectivity index (χ0v) is 16.5. The highest BCUT2D eigenvalue weighted by Gasteiger charge is 2.15. The summed E-state index contributed by atoms with van der Waals surface area (Å²) in [5.41, 5.74) is 4.63. The van der Waals surface area contributed by atoms with E-state index in [0.717, 1.165) is 16.7 Å². The van der Waals surface area contributed by atoms with Crippen LogP contribution in [0, 0.1) is 11.8 Å². The lowest BCUT2D eigenvalue weighted by atomic mass is 9.87. The van der Waals surface area contributed by atoms with Crippen molar-refractivity contribution in [2.45, 2.75) is 26.2 Å². The van der Waals surface area contributed by atoms with Gasteiger partial charge in [0.05, 0.1) is 6.20 Å². The standard InChI is InChI=1S/C24H20N4O/c1-24(2,3)20-11-9-19(10-12-20)23-28-27-22(29-23)18-7-4-17(5-8-18)6-13-21-16-25-14-15-26-21/h4-5,7-12,14-16H,1-3H3. The van der Waals surface area contributed by atoms with E-state index in [2.05, 4.69) is 64.9 Å². The summed E-state index contributed by atoms with van der Waals surface area (Å²) in [4.78, 5) is 8.14. The van der Waals surface area contributed by atoms with Crippen LogP contribution < -0.4 is 0 Å². The van der Waals surface area contributed by atoms with Crippen LogP contribution in [0.5, 0.6) is 0 Å². The van der Waals surface area contributed by atoms with E-state index in [-0.39, 0.29) is 5.41 Å². The van der Waals surface area contributed by atoms with E-state index in [4.69, 9.17) is 4.42 Å².